The van der Waals surface area contributed by atoms with Crippen LogP contribution < -0.4 is 0 Å². The van der Waals surface area contributed by atoms with Crippen LogP contribution in [0.5, 0.6) is 0 Å². The molecule has 0 nitrogen and oxygen atoms in total. The summed E-state index contributed by atoms with van der Waals surface area (Å²) in [4.78, 5) is 0. The topological polar surface area (TPSA) is 0 Å². The SMILES string of the molecule is C[CH-]C.[CH3-].[Y].[Y]. The molecule has 0 aliphatic carbocycles. The summed E-state index contributed by atoms with van der Waals surface area (Å²) in [5, 5.41) is 0. The minimum absolute atomic E-state index is 0. The minimum atomic E-state index is 0. The first-order chi connectivity index (χ1) is 1.41. The van der Waals surface area contributed by atoms with E-state index in [0.717, 1.165) is 0 Å². The van der Waals surface area contributed by atoms with Gasteiger partial charge in [0.15, 0.2) is 0 Å². The summed E-state index contributed by atoms with van der Waals surface area (Å²) in [6, 6.07) is 0. The fraction of sp³-hybridized carbons (Fsp3) is 0.500. The van der Waals surface area contributed by atoms with Gasteiger partial charge in [-0.15, -0.1) is 0 Å². The molecule has 0 saturated heterocycles. The number of hydrogen-bond acceptors (Lipinski definition) is 0. The van der Waals surface area contributed by atoms with Gasteiger partial charge in [0.25, 0.3) is 0 Å². The van der Waals surface area contributed by atoms with E-state index in [0.29, 0.717) is 0 Å². The molecule has 0 aromatic heterocycles. The maximum Gasteiger partial charge on any atom is 0 e. The van der Waals surface area contributed by atoms with Gasteiger partial charge in [-0.25, -0.2) is 0 Å². The molecule has 0 fully saturated rings. The van der Waals surface area contributed by atoms with Crippen LogP contribution in [0.3, 0.4) is 0 Å². The molecule has 0 bridgehead atoms. The van der Waals surface area contributed by atoms with Crippen LogP contribution in [0.2, 0.25) is 0 Å². The second-order valence-electron chi connectivity index (χ2n) is 0.577. The minimum Gasteiger partial charge on any atom is -0.358 e. The molecule has 0 aliphatic rings. The Balaban J connectivity index is -0.00000000667. The van der Waals surface area contributed by atoms with E-state index in [1.807, 2.05) is 20.3 Å². The maximum absolute atomic E-state index is 2.00. The Morgan fingerprint density at radius 1 is 1.00 bits per heavy atom. The molecule has 6 heavy (non-hydrogen) atoms. The molecular formula is C4H10Y2-2. The van der Waals surface area contributed by atoms with Gasteiger partial charge in [0, 0.05) is 65.4 Å². The first kappa shape index (κ1) is 24.1. The molecule has 0 spiro atoms. The van der Waals surface area contributed by atoms with E-state index in [4.69, 9.17) is 0 Å². The smallest absolute Gasteiger partial charge is 0 e. The van der Waals surface area contributed by atoms with Crippen molar-refractivity contribution in [2.75, 3.05) is 0 Å². The molecule has 0 aliphatic heterocycles. The third-order valence-electron chi connectivity index (χ3n) is 0. The maximum atomic E-state index is 2.00. The van der Waals surface area contributed by atoms with Gasteiger partial charge in [0.2, 0.25) is 0 Å². The van der Waals surface area contributed by atoms with Crippen molar-refractivity contribution in [1.82, 2.24) is 0 Å². The van der Waals surface area contributed by atoms with E-state index in [2.05, 4.69) is 0 Å². The Morgan fingerprint density at radius 3 is 1.00 bits per heavy atom. The summed E-state index contributed by atoms with van der Waals surface area (Å²) < 4.78 is 0. The largest absolute Gasteiger partial charge is 0.358 e. The fourth-order valence-corrected chi connectivity index (χ4v) is 0. The molecule has 2 radical (unpaired) electrons. The quantitative estimate of drug-likeness (QED) is 0.561. The summed E-state index contributed by atoms with van der Waals surface area (Å²) >= 11 is 0. The van der Waals surface area contributed by atoms with E-state index in [1.165, 1.54) is 0 Å². The third-order valence-corrected chi connectivity index (χ3v) is 0. The van der Waals surface area contributed by atoms with Crippen molar-refractivity contribution in [3.05, 3.63) is 13.8 Å². The van der Waals surface area contributed by atoms with E-state index < -0.39 is 0 Å². The monoisotopic (exact) mass is 236 g/mol. The van der Waals surface area contributed by atoms with E-state index in [-0.39, 0.29) is 72.8 Å². The van der Waals surface area contributed by atoms with Crippen molar-refractivity contribution in [1.29, 1.82) is 0 Å². The van der Waals surface area contributed by atoms with Crippen molar-refractivity contribution >= 4 is 0 Å². The Kier molecular flexibility index (Phi) is 108. The van der Waals surface area contributed by atoms with Gasteiger partial charge in [-0.2, -0.15) is 13.8 Å². The van der Waals surface area contributed by atoms with Crippen LogP contribution in [0, 0.1) is 13.8 Å². The normalized spacial score (nSPS) is 3.00. The van der Waals surface area contributed by atoms with Crippen LogP contribution in [0.4, 0.5) is 0 Å². The van der Waals surface area contributed by atoms with Crippen LogP contribution in [0.25, 0.3) is 0 Å². The van der Waals surface area contributed by atoms with Gasteiger partial charge in [0.05, 0.1) is 0 Å². The van der Waals surface area contributed by atoms with E-state index >= 15 is 0 Å². The first-order valence-electron chi connectivity index (χ1n) is 1.15. The Bertz CT molecular complexity index is 5.51. The zero-order valence-electron chi connectivity index (χ0n) is 4.73. The molecule has 0 aromatic carbocycles. The summed E-state index contributed by atoms with van der Waals surface area (Å²) in [5.74, 6) is 0. The average Bonchev–Trinajstić information content (AvgIpc) is 0.918. The standard InChI is InChI=1S/C3H7.CH3.2Y/c1-3-2;;;/h3H,1-2H3;1H3;;/q2*-1;;. The van der Waals surface area contributed by atoms with Crippen LogP contribution in [-0.4, -0.2) is 0 Å². The van der Waals surface area contributed by atoms with Crippen LogP contribution in [0.15, 0.2) is 0 Å². The third kappa shape index (κ3) is 34.5. The average molecular weight is 236 g/mol. The molecule has 2 heteroatoms. The molecule has 34 valence electrons. The fourth-order valence-electron chi connectivity index (χ4n) is 0. The van der Waals surface area contributed by atoms with Gasteiger partial charge in [-0.3, -0.25) is 0 Å². The Labute approximate surface area is 91.6 Å². The Hall–Kier alpha value is 2.21. The summed E-state index contributed by atoms with van der Waals surface area (Å²) in [6.07, 6.45) is 2.00. The molecule has 0 N–H and O–H groups in total. The first-order valence-corrected chi connectivity index (χ1v) is 1.15. The predicted octanol–water partition coefficient (Wildman–Crippen LogP) is 1.68. The zero-order chi connectivity index (χ0) is 2.71. The van der Waals surface area contributed by atoms with E-state index in [1.54, 1.807) is 0 Å². The molecule has 0 atom stereocenters. The molecule has 0 rings (SSSR count). The van der Waals surface area contributed by atoms with Crippen molar-refractivity contribution in [3.8, 4) is 0 Å². The summed E-state index contributed by atoms with van der Waals surface area (Å²) in [7, 11) is 0. The zero-order valence-corrected chi connectivity index (χ0v) is 10.4. The van der Waals surface area contributed by atoms with E-state index in [9.17, 15) is 0 Å². The number of hydrogen-bond donors (Lipinski definition) is 0. The summed E-state index contributed by atoms with van der Waals surface area (Å²) in [6.45, 7) is 4.00. The summed E-state index contributed by atoms with van der Waals surface area (Å²) in [5.41, 5.74) is 0. The van der Waals surface area contributed by atoms with Crippen molar-refractivity contribution < 1.29 is 65.4 Å². The van der Waals surface area contributed by atoms with Crippen molar-refractivity contribution in [2.24, 2.45) is 0 Å². The second kappa shape index (κ2) is 27.0. The van der Waals surface area contributed by atoms with Crippen molar-refractivity contribution in [3.63, 3.8) is 0 Å². The van der Waals surface area contributed by atoms with Gasteiger partial charge >= 0.3 is 0 Å². The van der Waals surface area contributed by atoms with Gasteiger partial charge < -0.3 is 13.8 Å². The van der Waals surface area contributed by atoms with Crippen LogP contribution in [-0.2, 0) is 65.4 Å². The van der Waals surface area contributed by atoms with Gasteiger partial charge in [-0.05, 0) is 0 Å². The van der Waals surface area contributed by atoms with Crippen LogP contribution in [0.1, 0.15) is 13.8 Å². The number of rotatable bonds is 0. The Morgan fingerprint density at radius 2 is 1.00 bits per heavy atom. The molecule has 0 saturated carbocycles. The molecule has 0 heterocycles. The van der Waals surface area contributed by atoms with Crippen LogP contribution >= 0.6 is 0 Å². The molecule has 0 aromatic rings. The van der Waals surface area contributed by atoms with Gasteiger partial charge in [-0.1, -0.05) is 0 Å². The van der Waals surface area contributed by atoms with Crippen molar-refractivity contribution in [2.45, 2.75) is 13.8 Å². The second-order valence-corrected chi connectivity index (χ2v) is 0.577. The van der Waals surface area contributed by atoms with Gasteiger partial charge in [0.1, 0.15) is 0 Å². The molecule has 0 unspecified atom stereocenters. The molecule has 0 amide bonds. The molecular weight excluding hydrogens is 226 g/mol. The predicted molar refractivity (Wildman–Crippen MR) is 22.1 cm³/mol.